The van der Waals surface area contributed by atoms with Crippen molar-refractivity contribution in [2.24, 2.45) is 0 Å². The number of amides is 1. The zero-order valence-electron chi connectivity index (χ0n) is 12.3. The molecule has 1 aromatic heterocycles. The first kappa shape index (κ1) is 15.9. The van der Waals surface area contributed by atoms with Crippen molar-refractivity contribution in [2.75, 3.05) is 32.8 Å². The summed E-state index contributed by atoms with van der Waals surface area (Å²) in [4.78, 5) is 14.5. The summed E-state index contributed by atoms with van der Waals surface area (Å²) >= 11 is 1.20. The van der Waals surface area contributed by atoms with Crippen molar-refractivity contribution in [3.05, 3.63) is 17.5 Å². The minimum atomic E-state index is -3.58. The maximum Gasteiger partial charge on any atom is 0.253 e. The number of morpholine rings is 1. The number of hydrogen-bond donors (Lipinski definition) is 0. The van der Waals surface area contributed by atoms with Crippen molar-refractivity contribution in [2.45, 2.75) is 29.5 Å². The third-order valence-corrected chi connectivity index (χ3v) is 7.40. The van der Waals surface area contributed by atoms with E-state index in [0.29, 0.717) is 43.5 Å². The van der Waals surface area contributed by atoms with E-state index >= 15 is 0 Å². The van der Waals surface area contributed by atoms with E-state index in [4.69, 9.17) is 4.74 Å². The van der Waals surface area contributed by atoms with Crippen LogP contribution in [0.15, 0.2) is 21.7 Å². The van der Waals surface area contributed by atoms with Crippen molar-refractivity contribution in [1.82, 2.24) is 9.21 Å². The van der Waals surface area contributed by atoms with Gasteiger partial charge in [0.1, 0.15) is 10.3 Å². The van der Waals surface area contributed by atoms with Gasteiger partial charge in [-0.05, 0) is 24.3 Å². The van der Waals surface area contributed by atoms with Crippen molar-refractivity contribution in [3.63, 3.8) is 0 Å². The summed E-state index contributed by atoms with van der Waals surface area (Å²) in [7, 11) is -3.58. The van der Waals surface area contributed by atoms with Gasteiger partial charge < -0.3 is 9.64 Å². The van der Waals surface area contributed by atoms with Gasteiger partial charge in [0.05, 0.1) is 13.2 Å². The molecule has 1 aromatic rings. The smallest absolute Gasteiger partial charge is 0.253 e. The fourth-order valence-electron chi connectivity index (χ4n) is 2.96. The molecule has 0 aliphatic carbocycles. The zero-order chi connectivity index (χ0) is 15.6. The topological polar surface area (TPSA) is 66.9 Å². The lowest BCUT2D eigenvalue weighted by Crippen LogP contribution is -2.54. The monoisotopic (exact) mass is 344 g/mol. The fraction of sp³-hybridized carbons (Fsp3) is 0.643. The molecular formula is C14H20N2O4S2. The lowest BCUT2D eigenvalue weighted by atomic mass is 10.0. The highest BCUT2D eigenvalue weighted by atomic mass is 32.2. The molecule has 0 aromatic carbocycles. The molecule has 6 nitrogen and oxygen atoms in total. The van der Waals surface area contributed by atoms with Gasteiger partial charge in [0, 0.05) is 19.6 Å². The third-order valence-electron chi connectivity index (χ3n) is 4.12. The van der Waals surface area contributed by atoms with Crippen molar-refractivity contribution < 1.29 is 17.9 Å². The Kier molecular flexibility index (Phi) is 4.82. The van der Waals surface area contributed by atoms with Crippen molar-refractivity contribution in [3.8, 4) is 0 Å². The van der Waals surface area contributed by atoms with Crippen LogP contribution in [-0.2, 0) is 19.6 Å². The number of hydrogen-bond acceptors (Lipinski definition) is 5. The first-order chi connectivity index (χ1) is 10.6. The summed E-state index contributed by atoms with van der Waals surface area (Å²) in [5.41, 5.74) is 0. The predicted octanol–water partition coefficient (Wildman–Crippen LogP) is 1.15. The van der Waals surface area contributed by atoms with Gasteiger partial charge in [0.25, 0.3) is 10.0 Å². The number of sulfonamides is 1. The number of carbonyl (C=O) groups excluding carboxylic acids is 1. The van der Waals surface area contributed by atoms with Crippen LogP contribution in [0.25, 0.3) is 0 Å². The molecule has 8 heteroatoms. The van der Waals surface area contributed by atoms with Crippen LogP contribution in [-0.4, -0.2) is 62.4 Å². The van der Waals surface area contributed by atoms with Crippen molar-refractivity contribution >= 4 is 27.3 Å². The summed E-state index contributed by atoms with van der Waals surface area (Å²) in [6.45, 7) is 2.55. The first-order valence-electron chi connectivity index (χ1n) is 7.52. The Morgan fingerprint density at radius 3 is 2.68 bits per heavy atom. The largest absolute Gasteiger partial charge is 0.378 e. The highest BCUT2D eigenvalue weighted by Gasteiger charge is 2.40. The molecule has 0 radical (unpaired) electrons. The van der Waals surface area contributed by atoms with Gasteiger partial charge in [-0.3, -0.25) is 4.79 Å². The van der Waals surface area contributed by atoms with Crippen LogP contribution in [0.3, 0.4) is 0 Å². The maximum absolute atomic E-state index is 12.8. The van der Waals surface area contributed by atoms with Gasteiger partial charge >= 0.3 is 0 Å². The summed E-state index contributed by atoms with van der Waals surface area (Å²) in [6.07, 6.45) is 2.29. The normalized spacial score (nSPS) is 24.4. The number of thiophene rings is 1. The van der Waals surface area contributed by atoms with E-state index in [1.54, 1.807) is 22.4 Å². The Morgan fingerprint density at radius 1 is 1.23 bits per heavy atom. The number of ether oxygens (including phenoxy) is 1. The summed E-state index contributed by atoms with van der Waals surface area (Å²) in [6, 6.07) is 2.75. The molecule has 0 N–H and O–H groups in total. The van der Waals surface area contributed by atoms with Crippen LogP contribution < -0.4 is 0 Å². The van der Waals surface area contributed by atoms with Gasteiger partial charge in [-0.25, -0.2) is 8.42 Å². The Morgan fingerprint density at radius 2 is 2.00 bits per heavy atom. The summed E-state index contributed by atoms with van der Waals surface area (Å²) in [5.74, 6) is -0.0804. The average molecular weight is 344 g/mol. The first-order valence-corrected chi connectivity index (χ1v) is 9.84. The Labute approximate surface area is 134 Å². The molecule has 3 rings (SSSR count). The molecule has 1 amide bonds. The van der Waals surface area contributed by atoms with Gasteiger partial charge in [0.15, 0.2) is 0 Å². The molecule has 3 heterocycles. The number of rotatable bonds is 3. The molecule has 122 valence electrons. The molecule has 0 unspecified atom stereocenters. The molecule has 0 saturated carbocycles. The van der Waals surface area contributed by atoms with Gasteiger partial charge in [-0.1, -0.05) is 12.5 Å². The van der Waals surface area contributed by atoms with Crippen LogP contribution in [0.5, 0.6) is 0 Å². The molecule has 2 aliphatic heterocycles. The molecule has 0 spiro atoms. The van der Waals surface area contributed by atoms with Gasteiger partial charge in [-0.2, -0.15) is 4.31 Å². The van der Waals surface area contributed by atoms with Crippen LogP contribution in [0, 0.1) is 0 Å². The SMILES string of the molecule is O=C([C@@H]1CCCCN1S(=O)(=O)c1cccs1)N1CCOCC1. The Bertz CT molecular complexity index is 609. The second kappa shape index (κ2) is 6.66. The van der Waals surface area contributed by atoms with Crippen LogP contribution in [0.4, 0.5) is 0 Å². The molecule has 2 aliphatic rings. The molecule has 2 saturated heterocycles. The summed E-state index contributed by atoms with van der Waals surface area (Å²) in [5, 5.41) is 1.75. The second-order valence-corrected chi connectivity index (χ2v) is 8.56. The fourth-order valence-corrected chi connectivity index (χ4v) is 5.73. The number of piperidine rings is 1. The molecule has 1 atom stereocenters. The van der Waals surface area contributed by atoms with E-state index in [1.165, 1.54) is 15.6 Å². The van der Waals surface area contributed by atoms with E-state index in [0.717, 1.165) is 12.8 Å². The van der Waals surface area contributed by atoms with Gasteiger partial charge in [-0.15, -0.1) is 11.3 Å². The van der Waals surface area contributed by atoms with Crippen LogP contribution in [0.2, 0.25) is 0 Å². The maximum atomic E-state index is 12.8. The van der Waals surface area contributed by atoms with Crippen LogP contribution >= 0.6 is 11.3 Å². The molecule has 22 heavy (non-hydrogen) atoms. The summed E-state index contributed by atoms with van der Waals surface area (Å²) < 4.78 is 32.6. The van der Waals surface area contributed by atoms with E-state index < -0.39 is 16.1 Å². The lowest BCUT2D eigenvalue weighted by Gasteiger charge is -2.37. The standard InChI is InChI=1S/C14H20N2O4S2/c17-14(15-7-9-20-10-8-15)12-4-1-2-6-16(12)22(18,19)13-5-3-11-21-13/h3,5,11-12H,1-2,4,6-10H2/t12-/m0/s1. The zero-order valence-corrected chi connectivity index (χ0v) is 13.9. The van der Waals surface area contributed by atoms with E-state index in [2.05, 4.69) is 0 Å². The van der Waals surface area contributed by atoms with E-state index in [9.17, 15) is 13.2 Å². The number of carbonyl (C=O) groups is 1. The minimum Gasteiger partial charge on any atom is -0.378 e. The predicted molar refractivity (Wildman–Crippen MR) is 83.2 cm³/mol. The second-order valence-electron chi connectivity index (χ2n) is 5.50. The lowest BCUT2D eigenvalue weighted by molar-refractivity contribution is -0.140. The molecule has 0 bridgehead atoms. The van der Waals surface area contributed by atoms with E-state index in [-0.39, 0.29) is 5.91 Å². The highest BCUT2D eigenvalue weighted by molar-refractivity contribution is 7.91. The highest BCUT2D eigenvalue weighted by Crippen LogP contribution is 2.28. The molecular weight excluding hydrogens is 324 g/mol. The van der Waals surface area contributed by atoms with E-state index in [1.807, 2.05) is 0 Å². The van der Waals surface area contributed by atoms with Crippen molar-refractivity contribution in [1.29, 1.82) is 0 Å². The van der Waals surface area contributed by atoms with Gasteiger partial charge in [0.2, 0.25) is 5.91 Å². The average Bonchev–Trinajstić information content (AvgIpc) is 3.10. The Balaban J connectivity index is 1.83. The van der Waals surface area contributed by atoms with Crippen LogP contribution in [0.1, 0.15) is 19.3 Å². The quantitative estimate of drug-likeness (QED) is 0.825. The minimum absolute atomic E-state index is 0.0804. The molecule has 2 fully saturated rings. The number of nitrogens with zero attached hydrogens (tertiary/aromatic N) is 2. The third kappa shape index (κ3) is 3.05. The Hall–Kier alpha value is -0.960.